The van der Waals surface area contributed by atoms with E-state index >= 15 is 0 Å². The fourth-order valence-corrected chi connectivity index (χ4v) is 8.60. The van der Waals surface area contributed by atoms with Gasteiger partial charge in [0.1, 0.15) is 17.6 Å². The Morgan fingerprint density at radius 3 is 2.19 bits per heavy atom. The molecule has 1 radical (unpaired) electrons. The quantitative estimate of drug-likeness (QED) is 0.0862. The van der Waals surface area contributed by atoms with Gasteiger partial charge < -0.3 is 9.84 Å². The van der Waals surface area contributed by atoms with E-state index in [9.17, 15) is 9.90 Å². The van der Waals surface area contributed by atoms with Crippen molar-refractivity contribution < 1.29 is 34.7 Å². The molecule has 1 N–H and O–H groups in total. The van der Waals surface area contributed by atoms with Crippen molar-refractivity contribution in [1.29, 1.82) is 0 Å². The Kier molecular flexibility index (Phi) is 13.5. The largest absolute Gasteiger partial charge is 0.512 e. The molecule has 6 heteroatoms. The van der Waals surface area contributed by atoms with E-state index in [0.717, 1.165) is 54.5 Å². The number of carbonyl (C=O) groups excluding carboxylic acids is 1. The zero-order valence-electron chi connectivity index (χ0n) is 34.0. The third kappa shape index (κ3) is 8.46. The van der Waals surface area contributed by atoms with Crippen molar-refractivity contribution in [1.82, 2.24) is 4.98 Å². The molecule has 0 amide bonds. The Balaban J connectivity index is 0.000000299. The average Bonchev–Trinajstić information content (AvgIpc) is 3.66. The minimum atomic E-state index is -0.337. The summed E-state index contributed by atoms with van der Waals surface area (Å²) in [5.41, 5.74) is 4.23. The van der Waals surface area contributed by atoms with Crippen LogP contribution in [0.4, 0.5) is 0 Å². The fourth-order valence-electron chi connectivity index (χ4n) is 7.38. The number of aromatic nitrogens is 1. The van der Waals surface area contributed by atoms with Gasteiger partial charge in [-0.25, -0.2) is 0 Å². The minimum absolute atomic E-state index is 0. The molecule has 2 unspecified atom stereocenters. The molecule has 0 fully saturated rings. The van der Waals surface area contributed by atoms with Crippen LogP contribution in [0, 0.1) is 22.8 Å². The van der Waals surface area contributed by atoms with Crippen LogP contribution in [0.25, 0.3) is 42.2 Å². The van der Waals surface area contributed by atoms with Gasteiger partial charge in [-0.1, -0.05) is 112 Å². The average molecular weight is 911 g/mol. The predicted molar refractivity (Wildman–Crippen MR) is 223 cm³/mol. The molecule has 1 aliphatic rings. The molecule has 4 nitrogen and oxygen atoms in total. The molecule has 0 saturated carbocycles. The summed E-state index contributed by atoms with van der Waals surface area (Å²) >= 11 is 1.85. The minimum Gasteiger partial charge on any atom is -0.512 e. The standard InChI is InChI=1S/C32H32NOS.C15H28O2.Ir/c1-18(2)15-26-19(3)28-25(34-26)11-12-27-29(28)23-13-14-33-30(31(23)35-27)21-16-20-9-7-8-10-22(20)24(17-21)32(4,5)6;1-7-14(5,8-2)12(16)11-13(17)15(6,9-3)10-4;/h7-14,17-19,26H,15H2,1-6H3;11,16H,7-10H2,1-6H3;/q-1;;/b;12-11-;. The number of aliphatic hydroxyl groups is 1. The van der Waals surface area contributed by atoms with Crippen molar-refractivity contribution in [2.24, 2.45) is 16.7 Å². The number of ether oxygens (including phenoxy) is 1. The SMILES string of the molecule is CC(C)CC1Oc2ccc3sc4c(-c5[c-]c6ccccc6c(C(C)(C)C)c5)nccc4c3c2C1C.CCC(C)(CC)C(=O)/C=C(\O)C(C)(CC)CC.[Ir]. The van der Waals surface area contributed by atoms with Gasteiger partial charge in [-0.2, -0.15) is 0 Å². The normalized spacial score (nSPS) is 16.4. The van der Waals surface area contributed by atoms with E-state index < -0.39 is 0 Å². The molecule has 5 aromatic rings. The van der Waals surface area contributed by atoms with Crippen molar-refractivity contribution in [2.75, 3.05) is 0 Å². The Labute approximate surface area is 336 Å². The van der Waals surface area contributed by atoms with E-state index in [1.54, 1.807) is 0 Å². The maximum absolute atomic E-state index is 12.2. The summed E-state index contributed by atoms with van der Waals surface area (Å²) in [5, 5.41) is 15.2. The molecule has 3 heterocycles. The van der Waals surface area contributed by atoms with Crippen LogP contribution in [0.3, 0.4) is 0 Å². The number of aliphatic hydroxyl groups excluding tert-OH is 1. The number of thiophene rings is 1. The second-order valence-corrected chi connectivity index (χ2v) is 17.9. The summed E-state index contributed by atoms with van der Waals surface area (Å²) in [5.74, 6) is 2.34. The fraction of sp³-hybridized carbons (Fsp3) is 0.489. The van der Waals surface area contributed by atoms with Crippen LogP contribution in [0.1, 0.15) is 132 Å². The van der Waals surface area contributed by atoms with Crippen LogP contribution in [0.5, 0.6) is 5.75 Å². The zero-order valence-corrected chi connectivity index (χ0v) is 37.2. The summed E-state index contributed by atoms with van der Waals surface area (Å²) in [7, 11) is 0. The van der Waals surface area contributed by atoms with Crippen molar-refractivity contribution in [3.05, 3.63) is 83.8 Å². The molecular formula is C47H60IrNO3S-. The first-order chi connectivity index (χ1) is 24.5. The van der Waals surface area contributed by atoms with Gasteiger partial charge >= 0.3 is 0 Å². The number of hydrogen-bond acceptors (Lipinski definition) is 5. The molecule has 287 valence electrons. The van der Waals surface area contributed by atoms with Gasteiger partial charge in [-0.3, -0.25) is 9.78 Å². The third-order valence-electron chi connectivity index (χ3n) is 12.0. The maximum Gasteiger partial charge on any atom is 0.164 e. The van der Waals surface area contributed by atoms with Crippen LogP contribution < -0.4 is 4.74 Å². The number of fused-ring (bicyclic) bond motifs is 6. The zero-order chi connectivity index (χ0) is 38.2. The van der Waals surface area contributed by atoms with Gasteiger partial charge in [-0.15, -0.1) is 40.5 Å². The van der Waals surface area contributed by atoms with E-state index in [0.29, 0.717) is 11.8 Å². The van der Waals surface area contributed by atoms with Gasteiger partial charge in [-0.05, 0) is 67.0 Å². The monoisotopic (exact) mass is 911 g/mol. The van der Waals surface area contributed by atoms with Crippen molar-refractivity contribution in [3.8, 4) is 17.0 Å². The van der Waals surface area contributed by atoms with Crippen LogP contribution in [0.2, 0.25) is 0 Å². The first-order valence-electron chi connectivity index (χ1n) is 19.4. The molecule has 0 aliphatic carbocycles. The van der Waals surface area contributed by atoms with Gasteiger partial charge in [0.15, 0.2) is 5.78 Å². The van der Waals surface area contributed by atoms with Gasteiger partial charge in [0, 0.05) is 75.2 Å². The number of rotatable bonds is 10. The van der Waals surface area contributed by atoms with Crippen LogP contribution in [-0.2, 0) is 30.3 Å². The van der Waals surface area contributed by atoms with Crippen molar-refractivity contribution in [2.45, 2.75) is 133 Å². The molecule has 0 saturated heterocycles. The number of hydrogen-bond donors (Lipinski definition) is 1. The van der Waals surface area contributed by atoms with Gasteiger partial charge in [0.05, 0.1) is 0 Å². The summed E-state index contributed by atoms with van der Waals surface area (Å²) in [6.07, 6.45) is 8.04. The summed E-state index contributed by atoms with van der Waals surface area (Å²) in [6, 6.07) is 21.2. The molecule has 6 rings (SSSR count). The Morgan fingerprint density at radius 1 is 0.943 bits per heavy atom. The molecule has 0 spiro atoms. The molecule has 53 heavy (non-hydrogen) atoms. The van der Waals surface area contributed by atoms with E-state index in [1.165, 1.54) is 42.8 Å². The molecule has 3 aromatic carbocycles. The first-order valence-corrected chi connectivity index (χ1v) is 20.3. The number of ketones is 1. The molecular weight excluding hydrogens is 851 g/mol. The van der Waals surface area contributed by atoms with Crippen molar-refractivity contribution in [3.63, 3.8) is 0 Å². The van der Waals surface area contributed by atoms with Crippen LogP contribution in [0.15, 0.2) is 66.6 Å². The Hall–Kier alpha value is -3.05. The maximum atomic E-state index is 12.2. The number of carbonyl (C=O) groups is 1. The number of nitrogens with zero attached hydrogens (tertiary/aromatic N) is 1. The van der Waals surface area contributed by atoms with E-state index in [4.69, 9.17) is 9.72 Å². The number of benzene rings is 3. The number of pyridine rings is 1. The van der Waals surface area contributed by atoms with Crippen LogP contribution in [-0.4, -0.2) is 22.0 Å². The summed E-state index contributed by atoms with van der Waals surface area (Å²) in [6.45, 7) is 25.8. The van der Waals surface area contributed by atoms with E-state index in [-0.39, 0.29) is 54.0 Å². The molecule has 2 atom stereocenters. The van der Waals surface area contributed by atoms with Crippen molar-refractivity contribution >= 4 is 48.1 Å². The molecule has 1 aliphatic heterocycles. The number of allylic oxidation sites excluding steroid dienone is 2. The Bertz CT molecular complexity index is 2090. The third-order valence-corrected chi connectivity index (χ3v) is 13.2. The van der Waals surface area contributed by atoms with Crippen LogP contribution >= 0.6 is 11.3 Å². The smallest absolute Gasteiger partial charge is 0.164 e. The van der Waals surface area contributed by atoms with E-state index in [1.807, 2.05) is 59.1 Å². The predicted octanol–water partition coefficient (Wildman–Crippen LogP) is 13.9. The second-order valence-electron chi connectivity index (χ2n) is 16.9. The summed E-state index contributed by atoms with van der Waals surface area (Å²) < 4.78 is 9.00. The Morgan fingerprint density at radius 2 is 1.58 bits per heavy atom. The van der Waals surface area contributed by atoms with Gasteiger partial charge in [0.2, 0.25) is 0 Å². The molecule has 2 aromatic heterocycles. The first kappa shape index (κ1) is 42.7. The molecule has 0 bridgehead atoms. The van der Waals surface area contributed by atoms with E-state index in [2.05, 4.69) is 96.1 Å². The summed E-state index contributed by atoms with van der Waals surface area (Å²) in [4.78, 5) is 17.1. The van der Waals surface area contributed by atoms with Gasteiger partial charge in [0.25, 0.3) is 0 Å². The topological polar surface area (TPSA) is 59.4 Å². The second kappa shape index (κ2) is 16.8.